The van der Waals surface area contributed by atoms with Crippen molar-refractivity contribution in [1.82, 2.24) is 4.90 Å². The van der Waals surface area contributed by atoms with Gasteiger partial charge in [0.2, 0.25) is 0 Å². The summed E-state index contributed by atoms with van der Waals surface area (Å²) >= 11 is 0. The fourth-order valence-corrected chi connectivity index (χ4v) is 2.19. The minimum atomic E-state index is -4.24. The topological polar surface area (TPSA) is 32.7 Å². The minimum Gasteiger partial charge on any atom is -0.497 e. The van der Waals surface area contributed by atoms with Crippen LogP contribution in [-0.2, 0) is 0 Å². The number of aliphatic hydroxyl groups excluding tert-OH is 1. The van der Waals surface area contributed by atoms with Gasteiger partial charge in [-0.2, -0.15) is 13.2 Å². The summed E-state index contributed by atoms with van der Waals surface area (Å²) < 4.78 is 42.6. The van der Waals surface area contributed by atoms with Crippen LogP contribution in [0.25, 0.3) is 0 Å². The summed E-state index contributed by atoms with van der Waals surface area (Å²) in [5, 5.41) is 10.1. The molecule has 1 aliphatic carbocycles. The first-order valence-electron chi connectivity index (χ1n) is 6.52. The Morgan fingerprint density at radius 1 is 1.40 bits per heavy atom. The summed E-state index contributed by atoms with van der Waals surface area (Å²) in [6, 6.07) is 6.71. The first kappa shape index (κ1) is 15.1. The second kappa shape index (κ2) is 6.01. The molecule has 0 heterocycles. The number of rotatable bonds is 6. The molecular formula is C14H18F3NO2. The van der Waals surface area contributed by atoms with Gasteiger partial charge in [0.25, 0.3) is 0 Å². The molecule has 1 aromatic carbocycles. The van der Waals surface area contributed by atoms with Gasteiger partial charge in [0.1, 0.15) is 5.75 Å². The van der Waals surface area contributed by atoms with Gasteiger partial charge in [0, 0.05) is 12.6 Å². The average molecular weight is 289 g/mol. The lowest BCUT2D eigenvalue weighted by molar-refractivity contribution is -0.149. The maximum absolute atomic E-state index is 12.5. The Morgan fingerprint density at radius 3 is 2.65 bits per heavy atom. The molecular weight excluding hydrogens is 271 g/mol. The largest absolute Gasteiger partial charge is 0.497 e. The Balaban J connectivity index is 2.02. The highest BCUT2D eigenvalue weighted by Crippen LogP contribution is 2.32. The number of hydrogen-bond donors (Lipinski definition) is 1. The molecule has 1 aromatic rings. The molecule has 0 radical (unpaired) electrons. The third-order valence-corrected chi connectivity index (χ3v) is 3.33. The lowest BCUT2D eigenvalue weighted by Crippen LogP contribution is -2.38. The summed E-state index contributed by atoms with van der Waals surface area (Å²) in [5.41, 5.74) is 0.567. The van der Waals surface area contributed by atoms with Crippen molar-refractivity contribution < 1.29 is 23.0 Å². The first-order valence-corrected chi connectivity index (χ1v) is 6.52. The van der Waals surface area contributed by atoms with E-state index in [1.54, 1.807) is 24.3 Å². The van der Waals surface area contributed by atoms with E-state index in [-0.39, 0.29) is 12.6 Å². The van der Waals surface area contributed by atoms with Crippen LogP contribution < -0.4 is 4.74 Å². The zero-order valence-electron chi connectivity index (χ0n) is 11.2. The van der Waals surface area contributed by atoms with Gasteiger partial charge in [-0.05, 0) is 30.5 Å². The van der Waals surface area contributed by atoms with Crippen LogP contribution in [0.2, 0.25) is 0 Å². The number of methoxy groups -OCH3 is 1. The summed E-state index contributed by atoms with van der Waals surface area (Å²) in [6.45, 7) is -0.990. The number of aliphatic hydroxyl groups is 1. The van der Waals surface area contributed by atoms with Crippen molar-refractivity contribution in [2.24, 2.45) is 0 Å². The molecule has 0 bridgehead atoms. The van der Waals surface area contributed by atoms with E-state index in [0.29, 0.717) is 11.3 Å². The standard InChI is InChI=1S/C14H18F3NO2/c1-20-12-4-2-3-10(7-12)13(19)8-18(11-5-6-11)9-14(15,16)17/h2-4,7,11,13,19H,5-6,8-9H2,1H3. The molecule has 3 nitrogen and oxygen atoms in total. The number of benzene rings is 1. The molecule has 112 valence electrons. The number of ether oxygens (including phenoxy) is 1. The van der Waals surface area contributed by atoms with Gasteiger partial charge in [0.05, 0.1) is 19.8 Å². The van der Waals surface area contributed by atoms with E-state index in [9.17, 15) is 18.3 Å². The minimum absolute atomic E-state index is 0.0165. The van der Waals surface area contributed by atoms with E-state index < -0.39 is 18.8 Å². The number of alkyl halides is 3. The number of hydrogen-bond acceptors (Lipinski definition) is 3. The van der Waals surface area contributed by atoms with Gasteiger partial charge in [-0.15, -0.1) is 0 Å². The Kier molecular flexibility index (Phi) is 4.55. The highest BCUT2D eigenvalue weighted by atomic mass is 19.4. The maximum atomic E-state index is 12.5. The third kappa shape index (κ3) is 4.38. The Bertz CT molecular complexity index is 446. The van der Waals surface area contributed by atoms with Crippen molar-refractivity contribution in [2.75, 3.05) is 20.2 Å². The summed E-state index contributed by atoms with van der Waals surface area (Å²) in [6.07, 6.45) is -3.66. The number of nitrogens with zero attached hydrogens (tertiary/aromatic N) is 1. The van der Waals surface area contributed by atoms with Crippen molar-refractivity contribution in [3.8, 4) is 5.75 Å². The molecule has 0 aromatic heterocycles. The molecule has 1 aliphatic rings. The normalized spacial score (nSPS) is 17.3. The number of halogens is 3. The lowest BCUT2D eigenvalue weighted by Gasteiger charge is -2.26. The van der Waals surface area contributed by atoms with Crippen LogP contribution >= 0.6 is 0 Å². The molecule has 0 saturated heterocycles. The van der Waals surface area contributed by atoms with E-state index in [0.717, 1.165) is 12.8 Å². The molecule has 1 atom stereocenters. The first-order chi connectivity index (χ1) is 9.39. The summed E-state index contributed by atoms with van der Waals surface area (Å²) in [5.74, 6) is 0.579. The molecule has 1 unspecified atom stereocenters. The van der Waals surface area contributed by atoms with Crippen molar-refractivity contribution in [2.45, 2.75) is 31.2 Å². The average Bonchev–Trinajstić information content (AvgIpc) is 3.20. The van der Waals surface area contributed by atoms with E-state index >= 15 is 0 Å². The Labute approximate surface area is 116 Å². The highest BCUT2D eigenvalue weighted by molar-refractivity contribution is 5.30. The summed E-state index contributed by atoms with van der Waals surface area (Å²) in [7, 11) is 1.51. The monoisotopic (exact) mass is 289 g/mol. The zero-order chi connectivity index (χ0) is 14.8. The van der Waals surface area contributed by atoms with Gasteiger partial charge in [-0.1, -0.05) is 12.1 Å². The van der Waals surface area contributed by atoms with Crippen molar-refractivity contribution >= 4 is 0 Å². The quantitative estimate of drug-likeness (QED) is 0.874. The SMILES string of the molecule is COc1cccc(C(O)CN(CC(F)(F)F)C2CC2)c1. The van der Waals surface area contributed by atoms with Crippen LogP contribution in [-0.4, -0.2) is 42.4 Å². The Morgan fingerprint density at radius 2 is 2.10 bits per heavy atom. The molecule has 1 N–H and O–H groups in total. The van der Waals surface area contributed by atoms with E-state index in [1.165, 1.54) is 12.0 Å². The van der Waals surface area contributed by atoms with Crippen molar-refractivity contribution in [3.05, 3.63) is 29.8 Å². The summed E-state index contributed by atoms with van der Waals surface area (Å²) in [4.78, 5) is 1.31. The molecule has 20 heavy (non-hydrogen) atoms. The predicted molar refractivity (Wildman–Crippen MR) is 68.6 cm³/mol. The van der Waals surface area contributed by atoms with E-state index in [2.05, 4.69) is 0 Å². The van der Waals surface area contributed by atoms with Crippen LogP contribution in [0, 0.1) is 0 Å². The van der Waals surface area contributed by atoms with Crippen molar-refractivity contribution in [3.63, 3.8) is 0 Å². The van der Waals surface area contributed by atoms with Crippen molar-refractivity contribution in [1.29, 1.82) is 0 Å². The molecule has 0 spiro atoms. The van der Waals surface area contributed by atoms with Gasteiger partial charge in [-0.3, -0.25) is 4.90 Å². The van der Waals surface area contributed by atoms with Gasteiger partial charge >= 0.3 is 6.18 Å². The maximum Gasteiger partial charge on any atom is 0.401 e. The second-order valence-electron chi connectivity index (χ2n) is 5.07. The highest BCUT2D eigenvalue weighted by Gasteiger charge is 2.38. The van der Waals surface area contributed by atoms with Crippen LogP contribution in [0.3, 0.4) is 0 Å². The molecule has 0 aliphatic heterocycles. The van der Waals surface area contributed by atoms with Crippen LogP contribution in [0.1, 0.15) is 24.5 Å². The smallest absolute Gasteiger partial charge is 0.401 e. The van der Waals surface area contributed by atoms with Crippen LogP contribution in [0.4, 0.5) is 13.2 Å². The lowest BCUT2D eigenvalue weighted by atomic mass is 10.1. The van der Waals surface area contributed by atoms with E-state index in [4.69, 9.17) is 4.74 Å². The fourth-order valence-electron chi connectivity index (χ4n) is 2.19. The van der Waals surface area contributed by atoms with Gasteiger partial charge in [-0.25, -0.2) is 0 Å². The van der Waals surface area contributed by atoms with E-state index in [1.807, 2.05) is 0 Å². The third-order valence-electron chi connectivity index (χ3n) is 3.33. The molecule has 0 amide bonds. The zero-order valence-corrected chi connectivity index (χ0v) is 11.2. The molecule has 2 rings (SSSR count). The molecule has 1 saturated carbocycles. The fraction of sp³-hybridized carbons (Fsp3) is 0.571. The Hall–Kier alpha value is -1.27. The molecule has 6 heteroatoms. The second-order valence-corrected chi connectivity index (χ2v) is 5.07. The predicted octanol–water partition coefficient (Wildman–Crippen LogP) is 2.76. The van der Waals surface area contributed by atoms with Crippen LogP contribution in [0.5, 0.6) is 5.75 Å². The van der Waals surface area contributed by atoms with Crippen LogP contribution in [0.15, 0.2) is 24.3 Å². The molecule has 1 fully saturated rings. The van der Waals surface area contributed by atoms with Gasteiger partial charge < -0.3 is 9.84 Å². The van der Waals surface area contributed by atoms with Gasteiger partial charge in [0.15, 0.2) is 0 Å².